The zero-order valence-corrected chi connectivity index (χ0v) is 14.0. The lowest BCUT2D eigenvalue weighted by molar-refractivity contribution is 0.102. The Morgan fingerprint density at radius 1 is 1.24 bits per heavy atom. The van der Waals surface area contributed by atoms with Gasteiger partial charge in [0.1, 0.15) is 17.0 Å². The number of amides is 1. The minimum absolute atomic E-state index is 0.0325. The minimum Gasteiger partial charge on any atom is -0.331 e. The van der Waals surface area contributed by atoms with Gasteiger partial charge in [-0.3, -0.25) is 9.59 Å². The fourth-order valence-corrected chi connectivity index (χ4v) is 2.69. The van der Waals surface area contributed by atoms with Crippen LogP contribution in [-0.2, 0) is 6.54 Å². The number of nitrogens with one attached hydrogen (secondary N) is 1. The van der Waals surface area contributed by atoms with Crippen LogP contribution in [0.1, 0.15) is 29.4 Å². The molecule has 25 heavy (non-hydrogen) atoms. The molecule has 0 saturated carbocycles. The topological polar surface area (TPSA) is 64.0 Å². The number of pyridine rings is 2. The van der Waals surface area contributed by atoms with Gasteiger partial charge in [-0.1, -0.05) is 19.1 Å². The van der Waals surface area contributed by atoms with Crippen LogP contribution in [0.15, 0.2) is 47.4 Å². The van der Waals surface area contributed by atoms with E-state index in [1.165, 1.54) is 24.4 Å². The van der Waals surface area contributed by atoms with Gasteiger partial charge in [-0.25, -0.2) is 9.37 Å². The number of hydrogen-bond acceptors (Lipinski definition) is 3. The maximum atomic E-state index is 13.8. The van der Waals surface area contributed by atoms with E-state index in [9.17, 15) is 14.0 Å². The molecule has 0 saturated heterocycles. The van der Waals surface area contributed by atoms with Gasteiger partial charge < -0.3 is 9.88 Å². The molecule has 0 atom stereocenters. The molecule has 3 rings (SSSR count). The Morgan fingerprint density at radius 3 is 2.72 bits per heavy atom. The Kier molecular flexibility index (Phi) is 4.61. The third-order valence-electron chi connectivity index (χ3n) is 3.89. The minimum atomic E-state index is -0.637. The summed E-state index contributed by atoms with van der Waals surface area (Å²) in [5, 5.41) is 2.84. The van der Waals surface area contributed by atoms with E-state index in [4.69, 9.17) is 0 Å². The zero-order valence-electron chi connectivity index (χ0n) is 14.0. The molecule has 0 aliphatic rings. The summed E-state index contributed by atoms with van der Waals surface area (Å²) in [7, 11) is 0. The largest absolute Gasteiger partial charge is 0.331 e. The Labute approximate surface area is 144 Å². The molecule has 1 aromatic carbocycles. The first-order chi connectivity index (χ1) is 12.0. The second-order valence-electron chi connectivity index (χ2n) is 5.82. The lowest BCUT2D eigenvalue weighted by atomic mass is 10.1. The smallest absolute Gasteiger partial charge is 0.261 e. The van der Waals surface area contributed by atoms with Crippen molar-refractivity contribution in [2.45, 2.75) is 26.8 Å². The summed E-state index contributed by atoms with van der Waals surface area (Å²) in [5.41, 5.74) is 0.934. The van der Waals surface area contributed by atoms with Gasteiger partial charge in [-0.05, 0) is 37.6 Å². The third-order valence-corrected chi connectivity index (χ3v) is 3.89. The van der Waals surface area contributed by atoms with Gasteiger partial charge in [0.25, 0.3) is 5.91 Å². The van der Waals surface area contributed by atoms with Crippen LogP contribution in [-0.4, -0.2) is 15.5 Å². The average Bonchev–Trinajstić information content (AvgIpc) is 2.59. The summed E-state index contributed by atoms with van der Waals surface area (Å²) in [6.45, 7) is 4.46. The number of hydrogen-bond donors (Lipinski definition) is 1. The maximum Gasteiger partial charge on any atom is 0.261 e. The molecule has 1 amide bonds. The first-order valence-electron chi connectivity index (χ1n) is 8.08. The molecule has 1 N–H and O–H groups in total. The first-order valence-corrected chi connectivity index (χ1v) is 8.08. The molecular weight excluding hydrogens is 321 g/mol. The average molecular weight is 339 g/mol. The van der Waals surface area contributed by atoms with Gasteiger partial charge in [-0.15, -0.1) is 0 Å². The number of benzene rings is 1. The number of carbonyl (C=O) groups is 1. The molecular formula is C19H18FN3O2. The highest BCUT2D eigenvalue weighted by molar-refractivity contribution is 6.05. The molecule has 0 aliphatic carbocycles. The van der Waals surface area contributed by atoms with Crippen LogP contribution >= 0.6 is 0 Å². The van der Waals surface area contributed by atoms with Gasteiger partial charge in [0.05, 0.1) is 11.1 Å². The van der Waals surface area contributed by atoms with Crippen LogP contribution in [0.3, 0.4) is 0 Å². The van der Waals surface area contributed by atoms with Gasteiger partial charge in [-0.2, -0.15) is 0 Å². The summed E-state index contributed by atoms with van der Waals surface area (Å²) < 4.78 is 15.5. The van der Waals surface area contributed by atoms with E-state index in [1.54, 1.807) is 22.8 Å². The molecule has 0 unspecified atom stereocenters. The molecule has 5 nitrogen and oxygen atoms in total. The molecule has 0 spiro atoms. The number of nitrogens with zero attached hydrogens (tertiary/aromatic N) is 2. The Bertz CT molecular complexity index is 1010. The van der Waals surface area contributed by atoms with Gasteiger partial charge in [0.15, 0.2) is 0 Å². The van der Waals surface area contributed by atoms with E-state index in [2.05, 4.69) is 10.3 Å². The molecule has 2 aromatic heterocycles. The highest BCUT2D eigenvalue weighted by Crippen LogP contribution is 2.15. The molecule has 6 heteroatoms. The van der Waals surface area contributed by atoms with E-state index in [0.717, 1.165) is 12.1 Å². The van der Waals surface area contributed by atoms with Crippen LogP contribution in [0.25, 0.3) is 11.0 Å². The Hall–Kier alpha value is -3.02. The first kappa shape index (κ1) is 16.8. The molecule has 0 fully saturated rings. The monoisotopic (exact) mass is 339 g/mol. The van der Waals surface area contributed by atoms with E-state index >= 15 is 0 Å². The maximum absolute atomic E-state index is 13.8. The lowest BCUT2D eigenvalue weighted by Gasteiger charge is -2.12. The predicted molar refractivity (Wildman–Crippen MR) is 95.4 cm³/mol. The van der Waals surface area contributed by atoms with Crippen molar-refractivity contribution in [2.75, 3.05) is 5.32 Å². The van der Waals surface area contributed by atoms with Crippen molar-refractivity contribution in [3.63, 3.8) is 0 Å². The number of aromatic nitrogens is 2. The van der Waals surface area contributed by atoms with Crippen molar-refractivity contribution < 1.29 is 9.18 Å². The van der Waals surface area contributed by atoms with E-state index < -0.39 is 17.2 Å². The summed E-state index contributed by atoms with van der Waals surface area (Å²) >= 11 is 0. The number of carbonyl (C=O) groups excluding carboxylic acids is 1. The number of rotatable bonds is 4. The lowest BCUT2D eigenvalue weighted by Crippen LogP contribution is -2.24. The highest BCUT2D eigenvalue weighted by atomic mass is 19.1. The van der Waals surface area contributed by atoms with Crippen molar-refractivity contribution in [3.05, 3.63) is 69.9 Å². The fraction of sp³-hybridized carbons (Fsp3) is 0.211. The number of halogens is 1. The molecule has 0 radical (unpaired) electrons. The SMILES string of the molecule is CCCn1cc(C(=O)Nc2ccccc2F)c(=O)c2ccc(C)nc21. The number of aryl methyl sites for hydroxylation is 2. The summed E-state index contributed by atoms with van der Waals surface area (Å²) in [6.07, 6.45) is 2.32. The quantitative estimate of drug-likeness (QED) is 0.791. The van der Waals surface area contributed by atoms with E-state index in [1.807, 2.05) is 13.8 Å². The van der Waals surface area contributed by atoms with Crippen LogP contribution < -0.4 is 10.7 Å². The van der Waals surface area contributed by atoms with Crippen molar-refractivity contribution >= 4 is 22.6 Å². The van der Waals surface area contributed by atoms with Crippen molar-refractivity contribution in [1.82, 2.24) is 9.55 Å². The summed E-state index contributed by atoms with van der Waals surface area (Å²) in [6, 6.07) is 9.25. The van der Waals surface area contributed by atoms with Crippen LogP contribution in [0, 0.1) is 12.7 Å². The van der Waals surface area contributed by atoms with Crippen LogP contribution in [0.2, 0.25) is 0 Å². The predicted octanol–water partition coefficient (Wildman–Crippen LogP) is 3.51. The normalized spacial score (nSPS) is 10.8. The highest BCUT2D eigenvalue weighted by Gasteiger charge is 2.17. The Morgan fingerprint density at radius 2 is 2.00 bits per heavy atom. The van der Waals surface area contributed by atoms with Crippen molar-refractivity contribution in [1.29, 1.82) is 0 Å². The zero-order chi connectivity index (χ0) is 18.0. The van der Waals surface area contributed by atoms with Crippen LogP contribution in [0.4, 0.5) is 10.1 Å². The second kappa shape index (κ2) is 6.84. The molecule has 2 heterocycles. The second-order valence-corrected chi connectivity index (χ2v) is 5.82. The molecule has 3 aromatic rings. The van der Waals surface area contributed by atoms with E-state index in [0.29, 0.717) is 17.6 Å². The third kappa shape index (κ3) is 3.28. The molecule has 128 valence electrons. The molecule has 0 aliphatic heterocycles. The van der Waals surface area contributed by atoms with Gasteiger partial charge in [0.2, 0.25) is 5.43 Å². The van der Waals surface area contributed by atoms with Gasteiger partial charge >= 0.3 is 0 Å². The number of anilines is 1. The standard InChI is InChI=1S/C19H18FN3O2/c1-3-10-23-11-14(17(24)13-9-8-12(2)21-18(13)23)19(25)22-16-7-5-4-6-15(16)20/h4-9,11H,3,10H2,1-2H3,(H,22,25). The van der Waals surface area contributed by atoms with Crippen molar-refractivity contribution in [3.8, 4) is 0 Å². The fourth-order valence-electron chi connectivity index (χ4n) is 2.69. The van der Waals surface area contributed by atoms with Crippen molar-refractivity contribution in [2.24, 2.45) is 0 Å². The number of para-hydroxylation sites is 1. The molecule has 0 bridgehead atoms. The van der Waals surface area contributed by atoms with Gasteiger partial charge in [0, 0.05) is 18.4 Å². The number of fused-ring (bicyclic) bond motifs is 1. The van der Waals surface area contributed by atoms with E-state index in [-0.39, 0.29) is 11.3 Å². The van der Waals surface area contributed by atoms with Crippen LogP contribution in [0.5, 0.6) is 0 Å². The Balaban J connectivity index is 2.11. The summed E-state index contributed by atoms with van der Waals surface area (Å²) in [5.74, 6) is -1.19. The summed E-state index contributed by atoms with van der Waals surface area (Å²) in [4.78, 5) is 29.7.